The van der Waals surface area contributed by atoms with Crippen LogP contribution in [0.3, 0.4) is 0 Å². The Balaban J connectivity index is 1.56. The molecule has 0 aliphatic heterocycles. The molecule has 1 N–H and O–H groups in total. The minimum atomic E-state index is -0.236. The van der Waals surface area contributed by atoms with Crippen LogP contribution in [0.5, 0.6) is 11.5 Å². The number of amides is 1. The third-order valence-electron chi connectivity index (χ3n) is 5.17. The average molecular weight is 428 g/mol. The van der Waals surface area contributed by atoms with E-state index in [2.05, 4.69) is 10.3 Å². The molecule has 0 aliphatic rings. The summed E-state index contributed by atoms with van der Waals surface area (Å²) in [7, 11) is 3.19. The van der Waals surface area contributed by atoms with Gasteiger partial charge in [-0.2, -0.15) is 0 Å². The van der Waals surface area contributed by atoms with Gasteiger partial charge in [0.25, 0.3) is 5.91 Å². The first kappa shape index (κ1) is 21.2. The summed E-state index contributed by atoms with van der Waals surface area (Å²) in [5.41, 5.74) is 4.02. The number of nitrogens with one attached hydrogen (secondary N) is 1. The number of rotatable bonds is 7. The Kier molecular flexibility index (Phi) is 6.22. The molecule has 6 heteroatoms. The molecule has 0 saturated carbocycles. The summed E-state index contributed by atoms with van der Waals surface area (Å²) in [5.74, 6) is 2.18. The first-order valence-electron chi connectivity index (χ1n) is 10.2. The van der Waals surface area contributed by atoms with E-state index >= 15 is 0 Å². The van der Waals surface area contributed by atoms with E-state index in [-0.39, 0.29) is 12.5 Å². The van der Waals surface area contributed by atoms with Crippen LogP contribution < -0.4 is 14.8 Å². The van der Waals surface area contributed by atoms with Crippen LogP contribution in [0.25, 0.3) is 22.8 Å². The second-order valence-corrected chi connectivity index (χ2v) is 7.30. The van der Waals surface area contributed by atoms with E-state index < -0.39 is 0 Å². The Morgan fingerprint density at radius 3 is 2.53 bits per heavy atom. The third-order valence-corrected chi connectivity index (χ3v) is 5.17. The zero-order valence-corrected chi connectivity index (χ0v) is 18.2. The molecule has 32 heavy (non-hydrogen) atoms. The predicted octanol–water partition coefficient (Wildman–Crippen LogP) is 5.26. The van der Waals surface area contributed by atoms with Crippen LogP contribution in [0.4, 0.5) is 0 Å². The highest BCUT2D eigenvalue weighted by Crippen LogP contribution is 2.29. The SMILES string of the molecule is COc1ccc(OC)c(CNC(=O)c2ccccc2-c2ncc(-c3ccc(C)cc3)o2)c1. The Morgan fingerprint density at radius 1 is 1.00 bits per heavy atom. The molecule has 0 aliphatic carbocycles. The molecule has 1 amide bonds. The van der Waals surface area contributed by atoms with E-state index in [0.29, 0.717) is 34.3 Å². The molecule has 0 atom stereocenters. The summed E-state index contributed by atoms with van der Waals surface area (Å²) in [6, 6.07) is 20.7. The molecule has 1 heterocycles. The second kappa shape index (κ2) is 9.39. The van der Waals surface area contributed by atoms with Gasteiger partial charge in [-0.05, 0) is 37.3 Å². The maximum Gasteiger partial charge on any atom is 0.252 e. The number of ether oxygens (including phenoxy) is 2. The van der Waals surface area contributed by atoms with Crippen molar-refractivity contribution in [2.45, 2.75) is 13.5 Å². The summed E-state index contributed by atoms with van der Waals surface area (Å²) in [6.45, 7) is 2.32. The van der Waals surface area contributed by atoms with E-state index in [1.165, 1.54) is 5.56 Å². The molecule has 6 nitrogen and oxygen atoms in total. The van der Waals surface area contributed by atoms with Gasteiger partial charge in [0, 0.05) is 23.2 Å². The van der Waals surface area contributed by atoms with Crippen LogP contribution in [0.15, 0.2) is 77.3 Å². The van der Waals surface area contributed by atoms with Crippen LogP contribution in [-0.4, -0.2) is 25.1 Å². The van der Waals surface area contributed by atoms with E-state index in [0.717, 1.165) is 11.1 Å². The molecule has 0 fully saturated rings. The van der Waals surface area contributed by atoms with E-state index in [1.54, 1.807) is 26.5 Å². The van der Waals surface area contributed by atoms with Crippen LogP contribution in [0, 0.1) is 6.92 Å². The Labute approximate surface area is 186 Å². The van der Waals surface area contributed by atoms with Gasteiger partial charge in [0.1, 0.15) is 11.5 Å². The molecule has 3 aromatic carbocycles. The number of hydrogen-bond acceptors (Lipinski definition) is 5. The van der Waals surface area contributed by atoms with E-state index in [9.17, 15) is 4.79 Å². The molecule has 0 radical (unpaired) electrons. The quantitative estimate of drug-likeness (QED) is 0.434. The molecule has 162 valence electrons. The maximum atomic E-state index is 13.0. The van der Waals surface area contributed by atoms with Crippen molar-refractivity contribution in [1.29, 1.82) is 0 Å². The van der Waals surface area contributed by atoms with E-state index in [1.807, 2.05) is 67.6 Å². The molecule has 0 saturated heterocycles. The summed E-state index contributed by atoms with van der Waals surface area (Å²) < 4.78 is 16.7. The van der Waals surface area contributed by atoms with Crippen molar-refractivity contribution in [2.75, 3.05) is 14.2 Å². The van der Waals surface area contributed by atoms with Gasteiger partial charge in [-0.15, -0.1) is 0 Å². The van der Waals surface area contributed by atoms with Crippen molar-refractivity contribution in [2.24, 2.45) is 0 Å². The van der Waals surface area contributed by atoms with Crippen LogP contribution in [-0.2, 0) is 6.54 Å². The zero-order valence-electron chi connectivity index (χ0n) is 18.2. The fourth-order valence-corrected chi connectivity index (χ4v) is 3.41. The molecular formula is C26H24N2O4. The topological polar surface area (TPSA) is 73.6 Å². The smallest absolute Gasteiger partial charge is 0.252 e. The standard InChI is InChI=1S/C26H24N2O4/c1-17-8-10-18(11-9-17)24-16-28-26(32-24)22-7-5-4-6-21(22)25(29)27-15-19-14-20(30-2)12-13-23(19)31-3/h4-14,16H,15H2,1-3H3,(H,27,29). The van der Waals surface area contributed by atoms with E-state index in [4.69, 9.17) is 13.9 Å². The highest BCUT2D eigenvalue weighted by Gasteiger charge is 2.17. The van der Waals surface area contributed by atoms with Crippen LogP contribution in [0.2, 0.25) is 0 Å². The van der Waals surface area contributed by atoms with Crippen molar-refractivity contribution in [3.8, 4) is 34.3 Å². The fraction of sp³-hybridized carbons (Fsp3) is 0.154. The highest BCUT2D eigenvalue weighted by molar-refractivity contribution is 6.00. The lowest BCUT2D eigenvalue weighted by Gasteiger charge is -2.12. The minimum Gasteiger partial charge on any atom is -0.497 e. The van der Waals surface area contributed by atoms with Crippen molar-refractivity contribution in [1.82, 2.24) is 10.3 Å². The summed E-state index contributed by atoms with van der Waals surface area (Å²) in [6.07, 6.45) is 1.68. The number of nitrogens with zero attached hydrogens (tertiary/aromatic N) is 1. The first-order valence-corrected chi connectivity index (χ1v) is 10.2. The average Bonchev–Trinajstić information content (AvgIpc) is 3.33. The third kappa shape index (κ3) is 4.49. The van der Waals surface area contributed by atoms with Gasteiger partial charge in [-0.1, -0.05) is 42.0 Å². The lowest BCUT2D eigenvalue weighted by atomic mass is 10.1. The second-order valence-electron chi connectivity index (χ2n) is 7.30. The number of aromatic nitrogens is 1. The van der Waals surface area contributed by atoms with Gasteiger partial charge in [0.2, 0.25) is 5.89 Å². The van der Waals surface area contributed by atoms with Gasteiger partial charge in [0.15, 0.2) is 5.76 Å². The summed E-state index contributed by atoms with van der Waals surface area (Å²) in [5, 5.41) is 2.95. The van der Waals surface area contributed by atoms with Gasteiger partial charge < -0.3 is 19.2 Å². The van der Waals surface area contributed by atoms with Crippen molar-refractivity contribution < 1.29 is 18.7 Å². The van der Waals surface area contributed by atoms with Crippen molar-refractivity contribution in [3.05, 3.63) is 89.6 Å². The first-order chi connectivity index (χ1) is 15.6. The van der Waals surface area contributed by atoms with Crippen molar-refractivity contribution in [3.63, 3.8) is 0 Å². The van der Waals surface area contributed by atoms with Gasteiger partial charge in [-0.3, -0.25) is 4.79 Å². The highest BCUT2D eigenvalue weighted by atomic mass is 16.5. The van der Waals surface area contributed by atoms with Crippen LogP contribution >= 0.6 is 0 Å². The van der Waals surface area contributed by atoms with Gasteiger partial charge in [-0.25, -0.2) is 4.98 Å². The Hall–Kier alpha value is -4.06. The molecule has 4 aromatic rings. The molecule has 0 unspecified atom stereocenters. The molecular weight excluding hydrogens is 404 g/mol. The number of carbonyl (C=O) groups excluding carboxylic acids is 1. The van der Waals surface area contributed by atoms with Crippen molar-refractivity contribution >= 4 is 5.91 Å². The fourth-order valence-electron chi connectivity index (χ4n) is 3.41. The monoisotopic (exact) mass is 428 g/mol. The lowest BCUT2D eigenvalue weighted by Crippen LogP contribution is -2.23. The number of methoxy groups -OCH3 is 2. The lowest BCUT2D eigenvalue weighted by molar-refractivity contribution is 0.0951. The maximum absolute atomic E-state index is 13.0. The zero-order chi connectivity index (χ0) is 22.5. The number of hydrogen-bond donors (Lipinski definition) is 1. The number of aryl methyl sites for hydroxylation is 1. The number of benzene rings is 3. The minimum absolute atomic E-state index is 0.236. The summed E-state index contributed by atoms with van der Waals surface area (Å²) in [4.78, 5) is 17.4. The van der Waals surface area contributed by atoms with Gasteiger partial charge in [0.05, 0.1) is 26.0 Å². The molecule has 0 bridgehead atoms. The Morgan fingerprint density at radius 2 is 1.78 bits per heavy atom. The number of oxazole rings is 1. The Bertz CT molecular complexity index is 1230. The summed E-state index contributed by atoms with van der Waals surface area (Å²) >= 11 is 0. The van der Waals surface area contributed by atoms with Gasteiger partial charge >= 0.3 is 0 Å². The number of carbonyl (C=O) groups is 1. The predicted molar refractivity (Wildman–Crippen MR) is 123 cm³/mol. The molecule has 1 aromatic heterocycles. The largest absolute Gasteiger partial charge is 0.497 e. The normalized spacial score (nSPS) is 10.6. The van der Waals surface area contributed by atoms with Crippen LogP contribution in [0.1, 0.15) is 21.5 Å². The molecule has 4 rings (SSSR count). The molecule has 0 spiro atoms.